The molecule has 3 aromatic rings. The number of anilines is 1. The van der Waals surface area contributed by atoms with Gasteiger partial charge in [0.1, 0.15) is 10.9 Å². The average molecular weight is 288 g/mol. The van der Waals surface area contributed by atoms with Crippen molar-refractivity contribution in [3.8, 4) is 0 Å². The Labute approximate surface area is 119 Å². The van der Waals surface area contributed by atoms with Gasteiger partial charge in [0.15, 0.2) is 4.34 Å². The molecule has 3 rings (SSSR count). The number of nitrogen functional groups attached to an aromatic ring is 1. The molecule has 0 atom stereocenters. The summed E-state index contributed by atoms with van der Waals surface area (Å²) in [5, 5.41) is 0.928. The van der Waals surface area contributed by atoms with Gasteiger partial charge in [-0.2, -0.15) is 0 Å². The minimum absolute atomic E-state index is 0.765. The third-order valence-corrected chi connectivity index (χ3v) is 4.52. The highest BCUT2D eigenvalue weighted by atomic mass is 32.2. The second-order valence-corrected chi connectivity index (χ2v) is 6.50. The molecule has 0 amide bonds. The molecule has 1 aromatic carbocycles. The molecule has 0 spiro atoms. The van der Waals surface area contributed by atoms with E-state index in [-0.39, 0.29) is 0 Å². The van der Waals surface area contributed by atoms with Gasteiger partial charge in [0.05, 0.1) is 10.2 Å². The van der Waals surface area contributed by atoms with Gasteiger partial charge in [-0.1, -0.05) is 0 Å². The number of aryl methyl sites for hydroxylation is 2. The van der Waals surface area contributed by atoms with E-state index in [0.717, 1.165) is 36.8 Å². The Morgan fingerprint density at radius 1 is 1.11 bits per heavy atom. The van der Waals surface area contributed by atoms with E-state index in [9.17, 15) is 0 Å². The molecule has 0 fully saturated rings. The van der Waals surface area contributed by atoms with Crippen LogP contribution in [0.1, 0.15) is 11.5 Å². The molecule has 0 unspecified atom stereocenters. The van der Waals surface area contributed by atoms with Crippen molar-refractivity contribution in [2.45, 2.75) is 23.2 Å². The predicted molar refractivity (Wildman–Crippen MR) is 79.7 cm³/mol. The molecule has 2 aromatic heterocycles. The van der Waals surface area contributed by atoms with Gasteiger partial charge in [0, 0.05) is 11.4 Å². The van der Waals surface area contributed by atoms with Gasteiger partial charge in [-0.3, -0.25) is 0 Å². The summed E-state index contributed by atoms with van der Waals surface area (Å²) < 4.78 is 2.07. The van der Waals surface area contributed by atoms with Crippen molar-refractivity contribution in [3.63, 3.8) is 0 Å². The number of hydrogen-bond donors (Lipinski definition) is 1. The number of aromatic nitrogens is 3. The Hall–Kier alpha value is -1.66. The van der Waals surface area contributed by atoms with Crippen LogP contribution < -0.4 is 5.73 Å². The molecule has 0 aliphatic carbocycles. The molecule has 0 radical (unpaired) electrons. The first kappa shape index (κ1) is 12.4. The van der Waals surface area contributed by atoms with E-state index in [0.29, 0.717) is 0 Å². The molecule has 2 N–H and O–H groups in total. The van der Waals surface area contributed by atoms with Crippen molar-refractivity contribution in [1.29, 1.82) is 0 Å². The lowest BCUT2D eigenvalue weighted by molar-refractivity contribution is 0.936. The van der Waals surface area contributed by atoms with Crippen LogP contribution >= 0.6 is 23.1 Å². The molecule has 4 nitrogen and oxygen atoms in total. The van der Waals surface area contributed by atoms with Crippen molar-refractivity contribution in [3.05, 3.63) is 35.8 Å². The lowest BCUT2D eigenvalue weighted by atomic mass is 10.3. The maximum absolute atomic E-state index is 5.78. The highest BCUT2D eigenvalue weighted by Crippen LogP contribution is 2.34. The first-order chi connectivity index (χ1) is 9.10. The predicted octanol–water partition coefficient (Wildman–Crippen LogP) is 3.44. The molecule has 0 aliphatic rings. The summed E-state index contributed by atoms with van der Waals surface area (Å²) in [6.45, 7) is 3.87. The van der Waals surface area contributed by atoms with Gasteiger partial charge in [0.2, 0.25) is 0 Å². The first-order valence-electron chi connectivity index (χ1n) is 5.76. The molecule has 19 heavy (non-hydrogen) atoms. The second kappa shape index (κ2) is 4.79. The lowest BCUT2D eigenvalue weighted by Crippen LogP contribution is -1.92. The van der Waals surface area contributed by atoms with Crippen LogP contribution in [0.3, 0.4) is 0 Å². The summed E-state index contributed by atoms with van der Waals surface area (Å²) in [6, 6.07) is 7.74. The van der Waals surface area contributed by atoms with Crippen molar-refractivity contribution in [1.82, 2.24) is 15.0 Å². The zero-order chi connectivity index (χ0) is 13.4. The molecule has 0 saturated carbocycles. The van der Waals surface area contributed by atoms with Crippen LogP contribution in [0.5, 0.6) is 0 Å². The standard InChI is InChI=1S/C13H12N4S2/c1-7-5-12(16-8(2)15-7)19-13-17-10-4-3-9(14)6-11(10)18-13/h3-6H,14H2,1-2H3. The highest BCUT2D eigenvalue weighted by molar-refractivity contribution is 8.01. The van der Waals surface area contributed by atoms with Crippen LogP contribution in [0.4, 0.5) is 5.69 Å². The topological polar surface area (TPSA) is 64.7 Å². The van der Waals surface area contributed by atoms with Gasteiger partial charge >= 0.3 is 0 Å². The van der Waals surface area contributed by atoms with Crippen LogP contribution in [0.2, 0.25) is 0 Å². The minimum Gasteiger partial charge on any atom is -0.399 e. The van der Waals surface area contributed by atoms with Crippen LogP contribution in [-0.4, -0.2) is 15.0 Å². The molecule has 96 valence electrons. The van der Waals surface area contributed by atoms with Gasteiger partial charge < -0.3 is 5.73 Å². The van der Waals surface area contributed by atoms with E-state index >= 15 is 0 Å². The quantitative estimate of drug-likeness (QED) is 0.578. The van der Waals surface area contributed by atoms with Crippen molar-refractivity contribution < 1.29 is 0 Å². The zero-order valence-electron chi connectivity index (χ0n) is 10.5. The Bertz CT molecular complexity index is 731. The summed E-state index contributed by atoms with van der Waals surface area (Å²) in [5.41, 5.74) is 8.49. The normalized spacial score (nSPS) is 11.1. The molecular weight excluding hydrogens is 276 g/mol. The number of hydrogen-bond acceptors (Lipinski definition) is 6. The minimum atomic E-state index is 0.765. The summed E-state index contributed by atoms with van der Waals surface area (Å²) >= 11 is 3.19. The fourth-order valence-electron chi connectivity index (χ4n) is 1.79. The Kier molecular flexibility index (Phi) is 3.12. The van der Waals surface area contributed by atoms with Crippen molar-refractivity contribution in [2.24, 2.45) is 0 Å². The summed E-state index contributed by atoms with van der Waals surface area (Å²) in [5.74, 6) is 0.785. The van der Waals surface area contributed by atoms with E-state index in [2.05, 4.69) is 15.0 Å². The number of thiazole rings is 1. The average Bonchev–Trinajstić information content (AvgIpc) is 2.68. The molecular formula is C13H12N4S2. The Balaban J connectivity index is 1.96. The van der Waals surface area contributed by atoms with E-state index in [1.54, 1.807) is 23.1 Å². The van der Waals surface area contributed by atoms with Crippen LogP contribution in [-0.2, 0) is 0 Å². The molecule has 6 heteroatoms. The monoisotopic (exact) mass is 288 g/mol. The molecule has 0 saturated heterocycles. The molecule has 0 aliphatic heterocycles. The Morgan fingerprint density at radius 3 is 2.74 bits per heavy atom. The smallest absolute Gasteiger partial charge is 0.157 e. The number of nitrogens with two attached hydrogens (primary N) is 1. The number of fused-ring (bicyclic) bond motifs is 1. The van der Waals surface area contributed by atoms with Gasteiger partial charge in [-0.15, -0.1) is 11.3 Å². The van der Waals surface area contributed by atoms with E-state index in [1.807, 2.05) is 38.1 Å². The Morgan fingerprint density at radius 2 is 1.95 bits per heavy atom. The van der Waals surface area contributed by atoms with Crippen molar-refractivity contribution in [2.75, 3.05) is 5.73 Å². The third-order valence-electron chi connectivity index (χ3n) is 2.53. The number of rotatable bonds is 2. The summed E-state index contributed by atoms with van der Waals surface area (Å²) in [6.07, 6.45) is 0. The fraction of sp³-hybridized carbons (Fsp3) is 0.154. The third kappa shape index (κ3) is 2.69. The summed E-state index contributed by atoms with van der Waals surface area (Å²) in [4.78, 5) is 13.3. The molecule has 2 heterocycles. The van der Waals surface area contributed by atoms with Crippen LogP contribution in [0.15, 0.2) is 33.6 Å². The van der Waals surface area contributed by atoms with Gasteiger partial charge in [-0.05, 0) is 49.9 Å². The zero-order valence-corrected chi connectivity index (χ0v) is 12.2. The first-order valence-corrected chi connectivity index (χ1v) is 7.40. The summed E-state index contributed by atoms with van der Waals surface area (Å²) in [7, 11) is 0. The van der Waals surface area contributed by atoms with Crippen molar-refractivity contribution >= 4 is 39.0 Å². The van der Waals surface area contributed by atoms with Crippen LogP contribution in [0.25, 0.3) is 10.2 Å². The van der Waals surface area contributed by atoms with E-state index in [4.69, 9.17) is 5.73 Å². The van der Waals surface area contributed by atoms with Gasteiger partial charge in [0.25, 0.3) is 0 Å². The molecule has 0 bridgehead atoms. The SMILES string of the molecule is Cc1cc(Sc2nc3ccc(N)cc3s2)nc(C)n1. The second-order valence-electron chi connectivity index (χ2n) is 4.20. The van der Waals surface area contributed by atoms with E-state index in [1.165, 1.54) is 0 Å². The number of nitrogens with zero attached hydrogens (tertiary/aromatic N) is 3. The maximum atomic E-state index is 5.78. The maximum Gasteiger partial charge on any atom is 0.157 e. The number of benzene rings is 1. The van der Waals surface area contributed by atoms with E-state index < -0.39 is 0 Å². The largest absolute Gasteiger partial charge is 0.399 e. The highest BCUT2D eigenvalue weighted by Gasteiger charge is 2.08. The fourth-order valence-corrected chi connectivity index (χ4v) is 3.96. The van der Waals surface area contributed by atoms with Gasteiger partial charge in [-0.25, -0.2) is 15.0 Å². The van der Waals surface area contributed by atoms with Crippen LogP contribution in [0, 0.1) is 13.8 Å². The lowest BCUT2D eigenvalue weighted by Gasteiger charge is -1.99.